The van der Waals surface area contributed by atoms with Crippen molar-refractivity contribution in [3.63, 3.8) is 0 Å². The third kappa shape index (κ3) is 4.75. The number of ether oxygens (including phenoxy) is 1. The molecule has 0 aliphatic heterocycles. The van der Waals surface area contributed by atoms with Gasteiger partial charge in [0.25, 0.3) is 0 Å². The van der Waals surface area contributed by atoms with E-state index in [4.69, 9.17) is 10.5 Å². The van der Waals surface area contributed by atoms with Crippen LogP contribution in [0, 0.1) is 5.92 Å². The summed E-state index contributed by atoms with van der Waals surface area (Å²) in [6, 6.07) is 7.20. The molecule has 1 atom stereocenters. The first-order valence-electron chi connectivity index (χ1n) is 6.22. The topological polar surface area (TPSA) is 64.3 Å². The molecule has 0 aliphatic carbocycles. The highest BCUT2D eigenvalue weighted by molar-refractivity contribution is 5.75. The largest absolute Gasteiger partial charge is 0.460 e. The van der Waals surface area contributed by atoms with Gasteiger partial charge in [0.1, 0.15) is 12.6 Å². The Morgan fingerprint density at radius 3 is 2.44 bits per heavy atom. The van der Waals surface area contributed by atoms with Crippen LogP contribution >= 0.6 is 0 Å². The molecular formula is C14H22N2O2. The Hall–Kier alpha value is -1.55. The predicted molar refractivity (Wildman–Crippen MR) is 73.2 cm³/mol. The average molecular weight is 250 g/mol. The first-order chi connectivity index (χ1) is 8.52. The lowest BCUT2D eigenvalue weighted by Gasteiger charge is -2.13. The van der Waals surface area contributed by atoms with Gasteiger partial charge >= 0.3 is 5.97 Å². The maximum atomic E-state index is 11.6. The normalized spacial score (nSPS) is 12.3. The highest BCUT2D eigenvalue weighted by atomic mass is 16.5. The Kier molecular flexibility index (Phi) is 5.65. The number of benzene rings is 1. The summed E-state index contributed by atoms with van der Waals surface area (Å²) >= 11 is 0. The maximum Gasteiger partial charge on any atom is 0.323 e. The fourth-order valence-electron chi connectivity index (χ4n) is 1.63. The van der Waals surface area contributed by atoms with Gasteiger partial charge in [-0.25, -0.2) is 0 Å². The summed E-state index contributed by atoms with van der Waals surface area (Å²) in [5.41, 5.74) is 7.73. The third-order valence-corrected chi connectivity index (χ3v) is 2.65. The van der Waals surface area contributed by atoms with Crippen LogP contribution in [-0.2, 0) is 16.1 Å². The second kappa shape index (κ2) is 7.01. The standard InChI is InChI=1S/C14H22N2O2/c1-10(2)8-13(15)14(17)18-9-11-4-6-12(16-3)7-5-11/h4-7,10,13,16H,8-9,15H2,1-3H3. The molecule has 0 saturated heterocycles. The zero-order chi connectivity index (χ0) is 13.5. The molecule has 3 N–H and O–H groups in total. The molecule has 0 saturated carbocycles. The van der Waals surface area contributed by atoms with Crippen molar-refractivity contribution in [3.8, 4) is 0 Å². The summed E-state index contributed by atoms with van der Waals surface area (Å²) in [6.07, 6.45) is 0.650. The average Bonchev–Trinajstić information content (AvgIpc) is 2.35. The summed E-state index contributed by atoms with van der Waals surface area (Å²) in [5.74, 6) is 0.0591. The molecule has 0 spiro atoms. The van der Waals surface area contributed by atoms with Crippen LogP contribution in [0.3, 0.4) is 0 Å². The molecule has 0 heterocycles. The van der Waals surface area contributed by atoms with Crippen molar-refractivity contribution in [1.29, 1.82) is 0 Å². The molecule has 4 nitrogen and oxygen atoms in total. The van der Waals surface area contributed by atoms with E-state index in [0.717, 1.165) is 11.3 Å². The fourth-order valence-corrected chi connectivity index (χ4v) is 1.63. The van der Waals surface area contributed by atoms with E-state index in [2.05, 4.69) is 5.32 Å². The van der Waals surface area contributed by atoms with Gasteiger partial charge in [-0.15, -0.1) is 0 Å². The van der Waals surface area contributed by atoms with E-state index in [0.29, 0.717) is 12.3 Å². The molecular weight excluding hydrogens is 228 g/mol. The molecule has 0 aliphatic rings. The van der Waals surface area contributed by atoms with Crippen LogP contribution in [0.5, 0.6) is 0 Å². The summed E-state index contributed by atoms with van der Waals surface area (Å²) < 4.78 is 5.18. The van der Waals surface area contributed by atoms with Crippen LogP contribution in [0.15, 0.2) is 24.3 Å². The summed E-state index contributed by atoms with van der Waals surface area (Å²) in [6.45, 7) is 4.34. The summed E-state index contributed by atoms with van der Waals surface area (Å²) in [5, 5.41) is 3.03. The minimum atomic E-state index is -0.526. The molecule has 1 unspecified atom stereocenters. The Balaban J connectivity index is 2.41. The molecule has 1 rings (SSSR count). The Morgan fingerprint density at radius 2 is 1.94 bits per heavy atom. The predicted octanol–water partition coefficient (Wildman–Crippen LogP) is 2.14. The second-order valence-corrected chi connectivity index (χ2v) is 4.79. The molecule has 18 heavy (non-hydrogen) atoms. The first-order valence-corrected chi connectivity index (χ1v) is 6.22. The lowest BCUT2D eigenvalue weighted by atomic mass is 10.1. The molecule has 0 amide bonds. The molecule has 0 radical (unpaired) electrons. The molecule has 0 fully saturated rings. The maximum absolute atomic E-state index is 11.6. The van der Waals surface area contributed by atoms with Gasteiger partial charge in [-0.2, -0.15) is 0 Å². The number of carbonyl (C=O) groups excluding carboxylic acids is 1. The number of hydrogen-bond donors (Lipinski definition) is 2. The van der Waals surface area contributed by atoms with Gasteiger partial charge in [-0.05, 0) is 30.0 Å². The van der Waals surface area contributed by atoms with E-state index in [9.17, 15) is 4.79 Å². The van der Waals surface area contributed by atoms with E-state index >= 15 is 0 Å². The molecule has 0 aromatic heterocycles. The number of nitrogens with one attached hydrogen (secondary N) is 1. The van der Waals surface area contributed by atoms with Gasteiger partial charge < -0.3 is 15.8 Å². The lowest BCUT2D eigenvalue weighted by Crippen LogP contribution is -2.33. The molecule has 4 heteroatoms. The van der Waals surface area contributed by atoms with Gasteiger partial charge in [0, 0.05) is 12.7 Å². The van der Waals surface area contributed by atoms with Gasteiger partial charge in [0.05, 0.1) is 0 Å². The number of carbonyl (C=O) groups is 1. The van der Waals surface area contributed by atoms with E-state index in [1.807, 2.05) is 45.2 Å². The van der Waals surface area contributed by atoms with Crippen molar-refractivity contribution in [2.24, 2.45) is 11.7 Å². The van der Waals surface area contributed by atoms with Gasteiger partial charge in [0.15, 0.2) is 0 Å². The SMILES string of the molecule is CNc1ccc(COC(=O)C(N)CC(C)C)cc1. The van der Waals surface area contributed by atoms with Crippen LogP contribution < -0.4 is 11.1 Å². The number of nitrogens with two attached hydrogens (primary N) is 1. The quantitative estimate of drug-likeness (QED) is 0.759. The van der Waals surface area contributed by atoms with Crippen LogP contribution in [0.2, 0.25) is 0 Å². The smallest absolute Gasteiger partial charge is 0.323 e. The number of anilines is 1. The Morgan fingerprint density at radius 1 is 1.33 bits per heavy atom. The van der Waals surface area contributed by atoms with E-state index in [1.165, 1.54) is 0 Å². The minimum absolute atomic E-state index is 0.272. The number of rotatable bonds is 6. The van der Waals surface area contributed by atoms with Crippen molar-refractivity contribution in [2.45, 2.75) is 32.9 Å². The highest BCUT2D eigenvalue weighted by Gasteiger charge is 2.16. The zero-order valence-corrected chi connectivity index (χ0v) is 11.3. The van der Waals surface area contributed by atoms with Crippen molar-refractivity contribution >= 4 is 11.7 Å². The van der Waals surface area contributed by atoms with E-state index in [-0.39, 0.29) is 12.6 Å². The number of hydrogen-bond acceptors (Lipinski definition) is 4. The third-order valence-electron chi connectivity index (χ3n) is 2.65. The van der Waals surface area contributed by atoms with Gasteiger partial charge in [-0.1, -0.05) is 26.0 Å². The molecule has 100 valence electrons. The van der Waals surface area contributed by atoms with E-state index < -0.39 is 6.04 Å². The Bertz CT molecular complexity index is 374. The van der Waals surface area contributed by atoms with Crippen LogP contribution in [0.4, 0.5) is 5.69 Å². The van der Waals surface area contributed by atoms with Gasteiger partial charge in [0.2, 0.25) is 0 Å². The highest BCUT2D eigenvalue weighted by Crippen LogP contribution is 2.10. The molecule has 1 aromatic rings. The van der Waals surface area contributed by atoms with Crippen molar-refractivity contribution in [2.75, 3.05) is 12.4 Å². The lowest BCUT2D eigenvalue weighted by molar-refractivity contribution is -0.146. The van der Waals surface area contributed by atoms with Crippen LogP contribution in [-0.4, -0.2) is 19.1 Å². The van der Waals surface area contributed by atoms with Gasteiger partial charge in [-0.3, -0.25) is 4.79 Å². The van der Waals surface area contributed by atoms with Crippen LogP contribution in [0.25, 0.3) is 0 Å². The monoisotopic (exact) mass is 250 g/mol. The minimum Gasteiger partial charge on any atom is -0.460 e. The van der Waals surface area contributed by atoms with Crippen molar-refractivity contribution in [1.82, 2.24) is 0 Å². The van der Waals surface area contributed by atoms with Crippen LogP contribution in [0.1, 0.15) is 25.8 Å². The van der Waals surface area contributed by atoms with Crippen molar-refractivity contribution < 1.29 is 9.53 Å². The summed E-state index contributed by atoms with van der Waals surface area (Å²) in [4.78, 5) is 11.6. The first kappa shape index (κ1) is 14.5. The molecule has 1 aromatic carbocycles. The molecule has 0 bridgehead atoms. The summed E-state index contributed by atoms with van der Waals surface area (Å²) in [7, 11) is 1.86. The number of esters is 1. The fraction of sp³-hybridized carbons (Fsp3) is 0.500. The van der Waals surface area contributed by atoms with E-state index in [1.54, 1.807) is 0 Å². The van der Waals surface area contributed by atoms with Crippen molar-refractivity contribution in [3.05, 3.63) is 29.8 Å². The Labute approximate surface area is 109 Å². The second-order valence-electron chi connectivity index (χ2n) is 4.79. The zero-order valence-electron chi connectivity index (χ0n) is 11.3.